The molecule has 0 atom stereocenters. The van der Waals surface area contributed by atoms with Crippen LogP contribution in [0.1, 0.15) is 16.8 Å². The van der Waals surface area contributed by atoms with Crippen molar-refractivity contribution in [2.45, 2.75) is 13.5 Å². The monoisotopic (exact) mass is 254 g/mol. The number of hydrogen-bond acceptors (Lipinski definition) is 3. The first kappa shape index (κ1) is 13.1. The van der Waals surface area contributed by atoms with E-state index in [9.17, 15) is 0 Å². The van der Waals surface area contributed by atoms with Crippen LogP contribution in [0.3, 0.4) is 0 Å². The number of amidine groups is 1. The lowest BCUT2D eigenvalue weighted by Crippen LogP contribution is -2.18. The van der Waals surface area contributed by atoms with Crippen LogP contribution in [0, 0.1) is 12.3 Å². The predicted molar refractivity (Wildman–Crippen MR) is 78.5 cm³/mol. The third kappa shape index (κ3) is 3.31. The van der Waals surface area contributed by atoms with E-state index in [-0.39, 0.29) is 5.84 Å². The molecule has 1 aromatic heterocycles. The summed E-state index contributed by atoms with van der Waals surface area (Å²) in [5.74, 6) is -0.00851. The van der Waals surface area contributed by atoms with Crippen LogP contribution in [-0.4, -0.2) is 17.9 Å². The zero-order valence-corrected chi connectivity index (χ0v) is 11.2. The van der Waals surface area contributed by atoms with Gasteiger partial charge in [-0.25, -0.2) is 0 Å². The Bertz CT molecular complexity index is 592. The average Bonchev–Trinajstić information content (AvgIpc) is 2.39. The van der Waals surface area contributed by atoms with Crippen LogP contribution < -0.4 is 10.6 Å². The number of nitrogens with one attached hydrogen (secondary N) is 1. The molecule has 0 bridgehead atoms. The van der Waals surface area contributed by atoms with Gasteiger partial charge in [0.05, 0.1) is 0 Å². The third-order valence-corrected chi connectivity index (χ3v) is 2.96. The van der Waals surface area contributed by atoms with Crippen LogP contribution in [0.25, 0.3) is 0 Å². The zero-order chi connectivity index (χ0) is 13.8. The molecule has 0 aliphatic carbocycles. The van der Waals surface area contributed by atoms with Crippen LogP contribution in [0.2, 0.25) is 0 Å². The van der Waals surface area contributed by atoms with Gasteiger partial charge in [-0.2, -0.15) is 0 Å². The molecule has 2 aromatic rings. The van der Waals surface area contributed by atoms with Gasteiger partial charge in [-0.3, -0.25) is 10.4 Å². The molecular formula is C15H18N4. The lowest BCUT2D eigenvalue weighted by molar-refractivity contribution is 0.918. The molecule has 4 heteroatoms. The summed E-state index contributed by atoms with van der Waals surface area (Å²) in [7, 11) is 2.02. The smallest absolute Gasteiger partial charge is 0.141 e. The fourth-order valence-electron chi connectivity index (χ4n) is 1.98. The molecule has 98 valence electrons. The largest absolute Gasteiger partial charge is 0.382 e. The van der Waals surface area contributed by atoms with Gasteiger partial charge in [0, 0.05) is 25.5 Å². The summed E-state index contributed by atoms with van der Waals surface area (Å²) in [5, 5.41) is 7.42. The molecule has 0 aliphatic heterocycles. The highest BCUT2D eigenvalue weighted by molar-refractivity contribution is 5.93. The quantitative estimate of drug-likeness (QED) is 0.650. The lowest BCUT2D eigenvalue weighted by Gasteiger charge is -2.20. The molecule has 0 unspecified atom stereocenters. The number of nitrogen functional groups attached to an aromatic ring is 1. The topological polar surface area (TPSA) is 66.0 Å². The maximum atomic E-state index is 7.42. The van der Waals surface area contributed by atoms with Crippen molar-refractivity contribution in [1.29, 1.82) is 5.41 Å². The second kappa shape index (κ2) is 5.52. The maximum absolute atomic E-state index is 7.42. The Morgan fingerprint density at radius 3 is 2.79 bits per heavy atom. The van der Waals surface area contributed by atoms with E-state index >= 15 is 0 Å². The number of aryl methyl sites for hydroxylation is 1. The van der Waals surface area contributed by atoms with Crippen molar-refractivity contribution in [3.8, 4) is 0 Å². The van der Waals surface area contributed by atoms with Crippen LogP contribution in [0.15, 0.2) is 42.6 Å². The Morgan fingerprint density at radius 2 is 2.11 bits per heavy atom. The summed E-state index contributed by atoms with van der Waals surface area (Å²) in [5.41, 5.74) is 9.48. The molecule has 0 saturated carbocycles. The van der Waals surface area contributed by atoms with Gasteiger partial charge >= 0.3 is 0 Å². The second-order valence-electron chi connectivity index (χ2n) is 4.66. The average molecular weight is 254 g/mol. The first-order chi connectivity index (χ1) is 9.06. The first-order valence-electron chi connectivity index (χ1n) is 6.13. The number of anilines is 1. The number of rotatable bonds is 4. The van der Waals surface area contributed by atoms with E-state index in [0.717, 1.165) is 12.2 Å². The lowest BCUT2D eigenvalue weighted by atomic mass is 10.1. The highest BCUT2D eigenvalue weighted by Crippen LogP contribution is 2.16. The number of aromatic nitrogens is 1. The van der Waals surface area contributed by atoms with E-state index in [1.54, 1.807) is 6.20 Å². The van der Waals surface area contributed by atoms with Crippen LogP contribution >= 0.6 is 0 Å². The van der Waals surface area contributed by atoms with Gasteiger partial charge in [-0.15, -0.1) is 0 Å². The number of nitrogens with two attached hydrogens (primary N) is 1. The van der Waals surface area contributed by atoms with E-state index in [2.05, 4.69) is 41.1 Å². The molecule has 0 spiro atoms. The van der Waals surface area contributed by atoms with Crippen molar-refractivity contribution < 1.29 is 0 Å². The van der Waals surface area contributed by atoms with Gasteiger partial charge in [0.2, 0.25) is 0 Å². The minimum atomic E-state index is -0.00851. The molecule has 0 saturated heterocycles. The summed E-state index contributed by atoms with van der Waals surface area (Å²) >= 11 is 0. The van der Waals surface area contributed by atoms with Crippen LogP contribution in [0.4, 0.5) is 5.69 Å². The summed E-state index contributed by atoms with van der Waals surface area (Å²) in [6.45, 7) is 2.90. The second-order valence-corrected chi connectivity index (χ2v) is 4.66. The molecule has 3 N–H and O–H groups in total. The predicted octanol–water partition coefficient (Wildman–Crippen LogP) is 2.31. The maximum Gasteiger partial charge on any atom is 0.141 e. The normalized spacial score (nSPS) is 10.2. The number of nitrogens with zero attached hydrogens (tertiary/aromatic N) is 2. The molecule has 1 heterocycles. The zero-order valence-electron chi connectivity index (χ0n) is 11.2. The van der Waals surface area contributed by atoms with Crippen molar-refractivity contribution in [2.75, 3.05) is 11.9 Å². The molecule has 0 radical (unpaired) electrons. The summed E-state index contributed by atoms with van der Waals surface area (Å²) in [4.78, 5) is 6.18. The summed E-state index contributed by atoms with van der Waals surface area (Å²) in [6.07, 6.45) is 1.68. The van der Waals surface area contributed by atoms with Gasteiger partial charge in [0.15, 0.2) is 0 Å². The molecule has 0 aliphatic rings. The van der Waals surface area contributed by atoms with E-state index < -0.39 is 0 Å². The minimum Gasteiger partial charge on any atom is -0.382 e. The fraction of sp³-hybridized carbons (Fsp3) is 0.200. The van der Waals surface area contributed by atoms with E-state index in [0.29, 0.717) is 5.69 Å². The Balaban J connectivity index is 2.18. The first-order valence-corrected chi connectivity index (χ1v) is 6.13. The van der Waals surface area contributed by atoms with Gasteiger partial charge in [-0.05, 0) is 24.6 Å². The number of benzene rings is 1. The van der Waals surface area contributed by atoms with Gasteiger partial charge < -0.3 is 10.6 Å². The number of pyridine rings is 1. The van der Waals surface area contributed by atoms with Gasteiger partial charge in [0.25, 0.3) is 0 Å². The molecule has 0 amide bonds. The van der Waals surface area contributed by atoms with E-state index in [1.165, 1.54) is 11.1 Å². The highest BCUT2D eigenvalue weighted by atomic mass is 15.1. The highest BCUT2D eigenvalue weighted by Gasteiger charge is 2.05. The van der Waals surface area contributed by atoms with Crippen LogP contribution in [-0.2, 0) is 6.54 Å². The Hall–Kier alpha value is -2.36. The standard InChI is InChI=1S/C15H18N4/c1-11-4-3-5-12(8-11)10-19(2)13-6-7-18-14(9-13)15(16)17/h3-9H,10H2,1-2H3,(H3,16,17). The molecule has 2 rings (SSSR count). The fourth-order valence-corrected chi connectivity index (χ4v) is 1.98. The minimum absolute atomic E-state index is 0.00851. The summed E-state index contributed by atoms with van der Waals surface area (Å²) in [6, 6.07) is 12.2. The van der Waals surface area contributed by atoms with Crippen LogP contribution in [0.5, 0.6) is 0 Å². The van der Waals surface area contributed by atoms with Crippen molar-refractivity contribution in [1.82, 2.24) is 4.98 Å². The summed E-state index contributed by atoms with van der Waals surface area (Å²) < 4.78 is 0. The molecule has 0 fully saturated rings. The van der Waals surface area contributed by atoms with Gasteiger partial charge in [0.1, 0.15) is 11.5 Å². The Morgan fingerprint density at radius 1 is 1.32 bits per heavy atom. The van der Waals surface area contributed by atoms with E-state index in [1.807, 2.05) is 19.2 Å². The molecule has 4 nitrogen and oxygen atoms in total. The van der Waals surface area contributed by atoms with Crippen molar-refractivity contribution >= 4 is 11.5 Å². The molecular weight excluding hydrogens is 236 g/mol. The molecule has 19 heavy (non-hydrogen) atoms. The van der Waals surface area contributed by atoms with E-state index in [4.69, 9.17) is 11.1 Å². The molecule has 1 aromatic carbocycles. The van der Waals surface area contributed by atoms with Gasteiger partial charge in [-0.1, -0.05) is 29.8 Å². The van der Waals surface area contributed by atoms with Crippen molar-refractivity contribution in [3.05, 3.63) is 59.4 Å². The van der Waals surface area contributed by atoms with Crippen molar-refractivity contribution in [2.24, 2.45) is 5.73 Å². The SMILES string of the molecule is Cc1cccc(CN(C)c2ccnc(C(=N)N)c2)c1. The van der Waals surface area contributed by atoms with Crippen molar-refractivity contribution in [3.63, 3.8) is 0 Å². The Labute approximate surface area is 113 Å². The Kier molecular flexibility index (Phi) is 3.80. The number of hydrogen-bond donors (Lipinski definition) is 2. The third-order valence-electron chi connectivity index (χ3n) is 2.96.